The van der Waals surface area contributed by atoms with Gasteiger partial charge in [0, 0.05) is 5.38 Å². The van der Waals surface area contributed by atoms with Crippen molar-refractivity contribution in [1.82, 2.24) is 26.3 Å². The Morgan fingerprint density at radius 1 is 0.978 bits per heavy atom. The summed E-state index contributed by atoms with van der Waals surface area (Å²) in [5.74, 6) is -2.22. The van der Waals surface area contributed by atoms with Gasteiger partial charge in [-0.1, -0.05) is 56.4 Å². The second-order valence-electron chi connectivity index (χ2n) is 11.7. The number of thiocarbonyl (C=S) groups is 1. The number of nitrogens with one attached hydrogen (secondary N) is 4. The molecule has 0 aliphatic rings. The molecule has 0 aliphatic heterocycles. The fourth-order valence-electron chi connectivity index (χ4n) is 4.04. The highest BCUT2D eigenvalue weighted by Crippen LogP contribution is 2.23. The molecule has 45 heavy (non-hydrogen) atoms. The van der Waals surface area contributed by atoms with Gasteiger partial charge in [-0.15, -0.1) is 11.3 Å². The standard InChI is InChI=1S/C30H43N5O8S2/c1-16(2)22(34-25(39)23(17(3)37)35-29(41)43-30(4,5)6)26(44)32-20(14-36)24(38)31-19(13-18-11-9-8-10-12-18)27-33-21(15-45-27)28(40)42-7/h8-12,15-17,19-20,22-23,36-37H,13-14H2,1-7H3,(H,31,38)(H,32,44)(H,34,39)(H,35,41)/t17-,19+,20-,22-,23-/m0/s1. The van der Waals surface area contributed by atoms with Gasteiger partial charge in [-0.25, -0.2) is 14.6 Å². The van der Waals surface area contributed by atoms with Crippen LogP contribution in [0.2, 0.25) is 0 Å². The lowest BCUT2D eigenvalue weighted by atomic mass is 10.0. The van der Waals surface area contributed by atoms with E-state index in [9.17, 15) is 29.4 Å². The first-order valence-electron chi connectivity index (χ1n) is 14.3. The molecule has 0 fully saturated rings. The van der Waals surface area contributed by atoms with Crippen LogP contribution in [0, 0.1) is 5.92 Å². The van der Waals surface area contributed by atoms with E-state index in [4.69, 9.17) is 21.7 Å². The molecule has 0 bridgehead atoms. The van der Waals surface area contributed by atoms with Crippen LogP contribution in [-0.2, 0) is 25.5 Å². The normalized spacial score (nSPS) is 14.7. The minimum Gasteiger partial charge on any atom is -0.464 e. The highest BCUT2D eigenvalue weighted by atomic mass is 32.1. The van der Waals surface area contributed by atoms with Crippen molar-refractivity contribution in [1.29, 1.82) is 0 Å². The Balaban J connectivity index is 2.20. The molecule has 0 saturated carbocycles. The molecule has 5 atom stereocenters. The summed E-state index contributed by atoms with van der Waals surface area (Å²) < 4.78 is 9.96. The smallest absolute Gasteiger partial charge is 0.408 e. The number of benzene rings is 1. The maximum Gasteiger partial charge on any atom is 0.408 e. The van der Waals surface area contributed by atoms with Gasteiger partial charge in [0.05, 0.1) is 36.9 Å². The highest BCUT2D eigenvalue weighted by Gasteiger charge is 2.33. The second kappa shape index (κ2) is 17.1. The van der Waals surface area contributed by atoms with E-state index < -0.39 is 66.4 Å². The minimum absolute atomic E-state index is 0.0518. The lowest BCUT2D eigenvalue weighted by molar-refractivity contribution is -0.126. The van der Waals surface area contributed by atoms with E-state index in [0.29, 0.717) is 11.4 Å². The Kier molecular flexibility index (Phi) is 14.3. The number of nitrogens with zero attached hydrogens (tertiary/aromatic N) is 1. The zero-order valence-corrected chi connectivity index (χ0v) is 28.1. The van der Waals surface area contributed by atoms with Crippen molar-refractivity contribution in [2.45, 2.75) is 83.8 Å². The van der Waals surface area contributed by atoms with Crippen molar-refractivity contribution in [3.63, 3.8) is 0 Å². The van der Waals surface area contributed by atoms with E-state index in [1.165, 1.54) is 30.8 Å². The zero-order valence-electron chi connectivity index (χ0n) is 26.5. The van der Waals surface area contributed by atoms with Crippen LogP contribution >= 0.6 is 23.6 Å². The molecule has 2 rings (SSSR count). The lowest BCUT2D eigenvalue weighted by Gasteiger charge is -2.30. The summed E-state index contributed by atoms with van der Waals surface area (Å²) in [4.78, 5) is 55.3. The molecule has 15 heteroatoms. The third-order valence-corrected chi connectivity index (χ3v) is 7.64. The number of ether oxygens (including phenoxy) is 2. The molecule has 0 radical (unpaired) electrons. The van der Waals surface area contributed by atoms with Crippen LogP contribution in [-0.4, -0.2) is 87.6 Å². The first kappa shape index (κ1) is 37.5. The van der Waals surface area contributed by atoms with Crippen molar-refractivity contribution >= 4 is 52.4 Å². The molecule has 0 spiro atoms. The molecule has 1 aromatic carbocycles. The van der Waals surface area contributed by atoms with Crippen molar-refractivity contribution in [3.8, 4) is 0 Å². The number of carbonyl (C=O) groups excluding carboxylic acids is 4. The number of methoxy groups -OCH3 is 1. The van der Waals surface area contributed by atoms with Crippen LogP contribution in [0.5, 0.6) is 0 Å². The number of carbonyl (C=O) groups is 4. The van der Waals surface area contributed by atoms with E-state index in [-0.39, 0.29) is 16.6 Å². The Hall–Kier alpha value is -3.66. The summed E-state index contributed by atoms with van der Waals surface area (Å²) in [5, 5.41) is 33.2. The maximum atomic E-state index is 13.4. The largest absolute Gasteiger partial charge is 0.464 e. The summed E-state index contributed by atoms with van der Waals surface area (Å²) >= 11 is 6.73. The van der Waals surface area contributed by atoms with Crippen LogP contribution < -0.4 is 21.3 Å². The third kappa shape index (κ3) is 12.0. The van der Waals surface area contributed by atoms with E-state index in [2.05, 4.69) is 26.3 Å². The molecular weight excluding hydrogens is 622 g/mol. The van der Waals surface area contributed by atoms with Crippen molar-refractivity contribution in [2.75, 3.05) is 13.7 Å². The molecule has 6 N–H and O–H groups in total. The number of aliphatic hydroxyl groups is 2. The van der Waals surface area contributed by atoms with Crippen molar-refractivity contribution in [3.05, 3.63) is 52.0 Å². The topological polar surface area (TPSA) is 188 Å². The van der Waals surface area contributed by atoms with Gasteiger partial charge in [0.1, 0.15) is 22.7 Å². The fraction of sp³-hybridized carbons (Fsp3) is 0.533. The molecule has 13 nitrogen and oxygen atoms in total. The molecule has 248 valence electrons. The average molecular weight is 666 g/mol. The molecular formula is C30H43N5O8S2. The summed E-state index contributed by atoms with van der Waals surface area (Å²) in [6.07, 6.45) is -1.80. The van der Waals surface area contributed by atoms with E-state index in [1.54, 1.807) is 34.6 Å². The Morgan fingerprint density at radius 3 is 2.16 bits per heavy atom. The Bertz CT molecular complexity index is 1310. The zero-order chi connectivity index (χ0) is 33.9. The van der Waals surface area contributed by atoms with Gasteiger partial charge in [0.2, 0.25) is 11.8 Å². The number of thiazole rings is 1. The number of esters is 1. The monoisotopic (exact) mass is 665 g/mol. The van der Waals surface area contributed by atoms with Gasteiger partial charge < -0.3 is 41.0 Å². The number of hydrogen-bond donors (Lipinski definition) is 6. The first-order valence-corrected chi connectivity index (χ1v) is 15.6. The molecule has 1 aromatic heterocycles. The van der Waals surface area contributed by atoms with Crippen LogP contribution in [0.25, 0.3) is 0 Å². The van der Waals surface area contributed by atoms with Crippen LogP contribution in [0.1, 0.15) is 68.6 Å². The van der Waals surface area contributed by atoms with Gasteiger partial charge in [-0.3, -0.25) is 9.59 Å². The third-order valence-electron chi connectivity index (χ3n) is 6.31. The van der Waals surface area contributed by atoms with Gasteiger partial charge >= 0.3 is 12.1 Å². The van der Waals surface area contributed by atoms with Gasteiger partial charge in [0.25, 0.3) is 0 Å². The number of hydrogen-bond acceptors (Lipinski definition) is 11. The van der Waals surface area contributed by atoms with Gasteiger partial charge in [0.15, 0.2) is 5.69 Å². The lowest BCUT2D eigenvalue weighted by Crippen LogP contribution is -2.60. The number of rotatable bonds is 14. The van der Waals surface area contributed by atoms with Crippen molar-refractivity contribution < 1.29 is 38.9 Å². The second-order valence-corrected chi connectivity index (χ2v) is 13.0. The molecule has 0 unspecified atom stereocenters. The summed E-state index contributed by atoms with van der Waals surface area (Å²) in [7, 11) is 1.25. The van der Waals surface area contributed by atoms with Crippen LogP contribution in [0.4, 0.5) is 4.79 Å². The number of alkyl carbamates (subject to hydrolysis) is 1. The van der Waals surface area contributed by atoms with E-state index in [1.807, 2.05) is 30.3 Å². The molecule has 0 aliphatic carbocycles. The predicted molar refractivity (Wildman–Crippen MR) is 173 cm³/mol. The molecule has 0 saturated heterocycles. The quantitative estimate of drug-likeness (QED) is 0.128. The van der Waals surface area contributed by atoms with Crippen molar-refractivity contribution in [2.24, 2.45) is 5.92 Å². The SMILES string of the molecule is COC(=O)c1csc([C@@H](Cc2ccccc2)NC(=O)[C@H](CO)NC(=S)[C@@H](NC(=O)[C@@H](NC(=O)OC(C)(C)C)[C@H](C)O)C(C)C)n1. The molecule has 3 amide bonds. The summed E-state index contributed by atoms with van der Waals surface area (Å²) in [5.41, 5.74) is 0.186. The average Bonchev–Trinajstić information content (AvgIpc) is 3.46. The van der Waals surface area contributed by atoms with E-state index in [0.717, 1.165) is 5.56 Å². The summed E-state index contributed by atoms with van der Waals surface area (Å²) in [6.45, 7) is 9.26. The minimum atomic E-state index is -1.35. The molecule has 2 aromatic rings. The van der Waals surface area contributed by atoms with Crippen LogP contribution in [0.3, 0.4) is 0 Å². The highest BCUT2D eigenvalue weighted by molar-refractivity contribution is 7.80. The predicted octanol–water partition coefficient (Wildman–Crippen LogP) is 2.02. The first-order chi connectivity index (χ1) is 21.1. The van der Waals surface area contributed by atoms with E-state index >= 15 is 0 Å². The van der Waals surface area contributed by atoms with Gasteiger partial charge in [-0.05, 0) is 45.6 Å². The molecule has 1 heterocycles. The maximum absolute atomic E-state index is 13.4. The number of aliphatic hydroxyl groups excluding tert-OH is 2. The van der Waals surface area contributed by atoms with Gasteiger partial charge in [-0.2, -0.15) is 0 Å². The Morgan fingerprint density at radius 2 is 1.62 bits per heavy atom. The Labute approximate surface area is 272 Å². The fourth-order valence-corrected chi connectivity index (χ4v) is 5.35. The number of aromatic nitrogens is 1. The van der Waals surface area contributed by atoms with Crippen LogP contribution in [0.15, 0.2) is 35.7 Å². The summed E-state index contributed by atoms with van der Waals surface area (Å²) in [6, 6.07) is 5.31. The number of amides is 3.